The molecule has 0 atom stereocenters. The quantitative estimate of drug-likeness (QED) is 0.917. The monoisotopic (exact) mass is 271 g/mol. The lowest BCUT2D eigenvalue weighted by Gasteiger charge is -2.54. The molecule has 4 nitrogen and oxygen atoms in total. The zero-order valence-electron chi connectivity index (χ0n) is 11.7. The lowest BCUT2D eigenvalue weighted by Crippen LogP contribution is -2.44. The Labute approximate surface area is 119 Å². The van der Waals surface area contributed by atoms with Gasteiger partial charge >= 0.3 is 0 Å². The Balaban J connectivity index is 1.70. The first-order valence-corrected chi connectivity index (χ1v) is 7.87. The lowest BCUT2D eigenvalue weighted by molar-refractivity contribution is -0.00586. The van der Waals surface area contributed by atoms with E-state index in [-0.39, 0.29) is 6.61 Å². The highest BCUT2D eigenvalue weighted by Crippen LogP contribution is 2.59. The maximum Gasteiger partial charge on any atom is 0.162 e. The lowest BCUT2D eigenvalue weighted by atomic mass is 9.51. The summed E-state index contributed by atoms with van der Waals surface area (Å²) in [5.41, 5.74) is 1.71. The number of aliphatic hydroxyl groups is 1. The molecule has 5 rings (SSSR count). The second kappa shape index (κ2) is 4.60. The van der Waals surface area contributed by atoms with Crippen molar-refractivity contribution in [2.75, 3.05) is 6.61 Å². The number of aliphatic hydroxyl groups excluding tert-OH is 1. The van der Waals surface area contributed by atoms with Crippen molar-refractivity contribution in [3.63, 3.8) is 0 Å². The molecular formula is C16H21N3O. The average molecular weight is 271 g/mol. The molecule has 1 aromatic heterocycles. The van der Waals surface area contributed by atoms with Crippen LogP contribution >= 0.6 is 0 Å². The van der Waals surface area contributed by atoms with E-state index in [9.17, 15) is 5.11 Å². The van der Waals surface area contributed by atoms with Gasteiger partial charge in [-0.3, -0.25) is 4.68 Å². The highest BCUT2D eigenvalue weighted by molar-refractivity contribution is 5.27. The fourth-order valence-electron chi connectivity index (χ4n) is 5.44. The number of aromatic nitrogens is 2. The highest BCUT2D eigenvalue weighted by atomic mass is 16.3. The van der Waals surface area contributed by atoms with E-state index in [1.54, 1.807) is 0 Å². The van der Waals surface area contributed by atoms with Crippen molar-refractivity contribution in [2.24, 2.45) is 23.7 Å². The molecule has 4 saturated carbocycles. The van der Waals surface area contributed by atoms with Gasteiger partial charge in [0.1, 0.15) is 6.07 Å². The van der Waals surface area contributed by atoms with E-state index in [1.807, 2.05) is 10.7 Å². The second-order valence-corrected chi connectivity index (χ2v) is 6.97. The van der Waals surface area contributed by atoms with Crippen LogP contribution in [0.15, 0.2) is 6.07 Å². The average Bonchev–Trinajstić information content (AvgIpc) is 2.81. The molecule has 1 aromatic rings. The Hall–Kier alpha value is -1.34. The molecule has 0 amide bonds. The topological polar surface area (TPSA) is 61.8 Å². The summed E-state index contributed by atoms with van der Waals surface area (Å²) in [6, 6.07) is 4.13. The first-order valence-electron chi connectivity index (χ1n) is 7.87. The Kier molecular flexibility index (Phi) is 2.85. The van der Waals surface area contributed by atoms with Crippen LogP contribution in [0.3, 0.4) is 0 Å². The summed E-state index contributed by atoms with van der Waals surface area (Å²) in [6.07, 6.45) is 6.92. The summed E-state index contributed by atoms with van der Waals surface area (Å²) in [6.45, 7) is 0.604. The van der Waals surface area contributed by atoms with Crippen LogP contribution in [0.5, 0.6) is 0 Å². The summed E-state index contributed by atoms with van der Waals surface area (Å²) in [7, 11) is 0. The zero-order chi connectivity index (χ0) is 13.7. The standard InChI is InChI=1S/C16H21N3O/c17-9-14-8-15(19(18-14)1-2-20)16-12-4-10-3-11(6-12)7-13(16)5-10/h8,10-13,16,20H,1-7H2. The van der Waals surface area contributed by atoms with E-state index in [1.165, 1.54) is 37.8 Å². The van der Waals surface area contributed by atoms with Crippen molar-refractivity contribution in [3.05, 3.63) is 17.5 Å². The van der Waals surface area contributed by atoms with Gasteiger partial charge in [-0.15, -0.1) is 0 Å². The van der Waals surface area contributed by atoms with Gasteiger partial charge < -0.3 is 5.11 Å². The van der Waals surface area contributed by atoms with Crippen molar-refractivity contribution in [2.45, 2.75) is 44.6 Å². The smallest absolute Gasteiger partial charge is 0.162 e. The van der Waals surface area contributed by atoms with Gasteiger partial charge in [-0.2, -0.15) is 10.4 Å². The van der Waals surface area contributed by atoms with Crippen molar-refractivity contribution in [1.29, 1.82) is 5.26 Å². The van der Waals surface area contributed by atoms with Crippen molar-refractivity contribution >= 4 is 0 Å². The third-order valence-corrected chi connectivity index (χ3v) is 5.81. The molecule has 1 heterocycles. The molecule has 0 aromatic carbocycles. The van der Waals surface area contributed by atoms with E-state index in [4.69, 9.17) is 5.26 Å². The molecule has 4 aliphatic carbocycles. The molecule has 106 valence electrons. The Morgan fingerprint density at radius 1 is 1.20 bits per heavy atom. The van der Waals surface area contributed by atoms with Crippen LogP contribution in [0.25, 0.3) is 0 Å². The molecule has 4 heteroatoms. The van der Waals surface area contributed by atoms with E-state index in [0.717, 1.165) is 23.7 Å². The minimum absolute atomic E-state index is 0.0901. The van der Waals surface area contributed by atoms with Crippen LogP contribution in [0.4, 0.5) is 0 Å². The van der Waals surface area contributed by atoms with Crippen LogP contribution < -0.4 is 0 Å². The van der Waals surface area contributed by atoms with Gasteiger partial charge in [-0.05, 0) is 61.8 Å². The van der Waals surface area contributed by atoms with Gasteiger partial charge in [-0.25, -0.2) is 0 Å². The van der Waals surface area contributed by atoms with E-state index >= 15 is 0 Å². The van der Waals surface area contributed by atoms with Crippen LogP contribution in [0.2, 0.25) is 0 Å². The van der Waals surface area contributed by atoms with E-state index in [0.29, 0.717) is 18.2 Å². The first kappa shape index (κ1) is 12.4. The predicted molar refractivity (Wildman–Crippen MR) is 73.8 cm³/mol. The van der Waals surface area contributed by atoms with Gasteiger partial charge in [0.05, 0.1) is 13.2 Å². The van der Waals surface area contributed by atoms with Gasteiger partial charge in [0.15, 0.2) is 5.69 Å². The normalized spacial score (nSPS) is 38.1. The maximum atomic E-state index is 9.23. The number of rotatable bonds is 3. The summed E-state index contributed by atoms with van der Waals surface area (Å²) in [4.78, 5) is 0. The molecule has 1 N–H and O–H groups in total. The van der Waals surface area contributed by atoms with Crippen molar-refractivity contribution in [3.8, 4) is 6.07 Å². The van der Waals surface area contributed by atoms with Crippen LogP contribution in [0, 0.1) is 35.0 Å². The Bertz CT molecular complexity index is 529. The summed E-state index contributed by atoms with van der Waals surface area (Å²) in [5, 5.41) is 22.7. The van der Waals surface area contributed by atoms with Crippen LogP contribution in [0.1, 0.15) is 49.4 Å². The fourth-order valence-corrected chi connectivity index (χ4v) is 5.44. The predicted octanol–water partition coefficient (Wildman–Crippen LogP) is 2.29. The van der Waals surface area contributed by atoms with Crippen LogP contribution in [-0.2, 0) is 6.54 Å². The van der Waals surface area contributed by atoms with E-state index < -0.39 is 0 Å². The zero-order valence-corrected chi connectivity index (χ0v) is 11.7. The molecular weight excluding hydrogens is 250 g/mol. The minimum Gasteiger partial charge on any atom is -0.394 e. The molecule has 0 unspecified atom stereocenters. The number of nitrogens with zero attached hydrogens (tertiary/aromatic N) is 3. The second-order valence-electron chi connectivity index (χ2n) is 6.97. The summed E-state index contributed by atoms with van der Waals surface area (Å²) in [5.74, 6) is 4.06. The Morgan fingerprint density at radius 3 is 2.40 bits per heavy atom. The van der Waals surface area contributed by atoms with Gasteiger partial charge in [0, 0.05) is 11.6 Å². The third-order valence-electron chi connectivity index (χ3n) is 5.81. The molecule has 0 radical (unpaired) electrons. The highest BCUT2D eigenvalue weighted by Gasteiger charge is 2.49. The molecule has 4 bridgehead atoms. The largest absolute Gasteiger partial charge is 0.394 e. The molecule has 4 fully saturated rings. The van der Waals surface area contributed by atoms with Crippen molar-refractivity contribution < 1.29 is 5.11 Å². The number of hydrogen-bond donors (Lipinski definition) is 1. The molecule has 0 spiro atoms. The first-order chi connectivity index (χ1) is 9.78. The third kappa shape index (κ3) is 1.80. The van der Waals surface area contributed by atoms with Crippen molar-refractivity contribution in [1.82, 2.24) is 9.78 Å². The number of hydrogen-bond acceptors (Lipinski definition) is 3. The fraction of sp³-hybridized carbons (Fsp3) is 0.750. The van der Waals surface area contributed by atoms with Crippen LogP contribution in [-0.4, -0.2) is 21.5 Å². The summed E-state index contributed by atoms with van der Waals surface area (Å²) < 4.78 is 1.89. The summed E-state index contributed by atoms with van der Waals surface area (Å²) >= 11 is 0. The Morgan fingerprint density at radius 2 is 1.85 bits per heavy atom. The molecule has 4 aliphatic rings. The maximum absolute atomic E-state index is 9.23. The van der Waals surface area contributed by atoms with Gasteiger partial charge in [0.2, 0.25) is 0 Å². The minimum atomic E-state index is 0.0901. The molecule has 0 aliphatic heterocycles. The van der Waals surface area contributed by atoms with Gasteiger partial charge in [-0.1, -0.05) is 0 Å². The van der Waals surface area contributed by atoms with Gasteiger partial charge in [0.25, 0.3) is 0 Å². The number of nitriles is 1. The van der Waals surface area contributed by atoms with E-state index in [2.05, 4.69) is 11.2 Å². The molecule has 20 heavy (non-hydrogen) atoms. The molecule has 0 saturated heterocycles. The SMILES string of the molecule is N#Cc1cc(C2C3CC4CC(C3)CC2C4)n(CCO)n1.